The van der Waals surface area contributed by atoms with Crippen LogP contribution in [-0.2, 0) is 11.4 Å². The third kappa shape index (κ3) is 6.28. The Morgan fingerprint density at radius 3 is 2.40 bits per heavy atom. The van der Waals surface area contributed by atoms with Crippen LogP contribution in [0, 0.1) is 0 Å². The molecule has 0 bridgehead atoms. The zero-order valence-corrected chi connectivity index (χ0v) is 16.7. The summed E-state index contributed by atoms with van der Waals surface area (Å²) in [6.07, 6.45) is -0.448. The van der Waals surface area contributed by atoms with Gasteiger partial charge in [0.05, 0.1) is 6.61 Å². The quantitative estimate of drug-likeness (QED) is 0.320. The Kier molecular flexibility index (Phi) is 3.97. The number of aliphatic hydroxyl groups is 1. The molecular formula is C26H35NO3. The Balaban J connectivity index is 2.93. The molecule has 0 aliphatic carbocycles. The fraction of sp³-hybridized carbons (Fsp3) is 0.423. The minimum atomic E-state index is -3.87. The van der Waals surface area contributed by atoms with Crippen LogP contribution < -0.4 is 4.74 Å². The van der Waals surface area contributed by atoms with Crippen LogP contribution in [0.4, 0.5) is 0 Å². The van der Waals surface area contributed by atoms with Crippen LogP contribution >= 0.6 is 0 Å². The normalized spacial score (nSPS) is 21.7. The van der Waals surface area contributed by atoms with Crippen molar-refractivity contribution >= 4 is 5.97 Å². The van der Waals surface area contributed by atoms with E-state index in [1.165, 1.54) is 25.1 Å². The first-order chi connectivity index (χ1) is 19.8. The second-order valence-electron chi connectivity index (χ2n) is 6.80. The molecule has 162 valence electrons. The van der Waals surface area contributed by atoms with Crippen molar-refractivity contribution in [2.75, 3.05) is 6.54 Å². The van der Waals surface area contributed by atoms with E-state index in [-0.39, 0.29) is 21.8 Å². The first-order valence-corrected chi connectivity index (χ1v) is 9.28. The molecule has 0 aliphatic rings. The highest BCUT2D eigenvalue weighted by Gasteiger charge is 2.23. The number of nitrogens with zero attached hydrogens (tertiary/aromatic N) is 1. The predicted molar refractivity (Wildman–Crippen MR) is 123 cm³/mol. The zero-order chi connectivity index (χ0) is 34.1. The Morgan fingerprint density at radius 1 is 1.17 bits per heavy atom. The molecule has 30 heavy (non-hydrogen) atoms. The predicted octanol–water partition coefficient (Wildman–Crippen LogP) is 5.30. The highest BCUT2D eigenvalue weighted by Crippen LogP contribution is 2.36. The third-order valence-corrected chi connectivity index (χ3v) is 4.57. The highest BCUT2D eigenvalue weighted by molar-refractivity contribution is 5.89. The fourth-order valence-electron chi connectivity index (χ4n) is 3.03. The van der Waals surface area contributed by atoms with Crippen molar-refractivity contribution in [2.45, 2.75) is 65.3 Å². The Hall–Kier alpha value is -2.43. The zero-order valence-electron chi connectivity index (χ0n) is 30.7. The molecule has 0 spiro atoms. The third-order valence-electron chi connectivity index (χ3n) is 4.57. The Labute approximate surface area is 200 Å². The summed E-state index contributed by atoms with van der Waals surface area (Å²) >= 11 is 0. The van der Waals surface area contributed by atoms with Crippen LogP contribution in [0.1, 0.15) is 82.6 Å². The van der Waals surface area contributed by atoms with E-state index in [0.717, 1.165) is 0 Å². The molecule has 2 rings (SSSR count). The standard InChI is InChI=1S/C26H35NO3/c1-18(2)26(29)30-25-13-12-21(17-28)16-24(25)23(22-10-8-7-9-11-22)14-15-27(19(3)4)20(5)6/h7-13,16,19-20,23,28H,1,14-15,17H2,2-6H3/i3D3,4D3,5D3,6D3,19D,20D. The van der Waals surface area contributed by atoms with Gasteiger partial charge < -0.3 is 9.84 Å². The number of hydrogen-bond donors (Lipinski definition) is 1. The minimum absolute atomic E-state index is 0.0248. The van der Waals surface area contributed by atoms with Gasteiger partial charge in [-0.1, -0.05) is 43.0 Å². The lowest BCUT2D eigenvalue weighted by atomic mass is 9.86. The molecule has 1 atom stereocenters. The number of hydrogen-bond acceptors (Lipinski definition) is 4. The lowest BCUT2D eigenvalue weighted by Gasteiger charge is -2.32. The molecular weight excluding hydrogens is 374 g/mol. The lowest BCUT2D eigenvalue weighted by molar-refractivity contribution is -0.130. The Morgan fingerprint density at radius 2 is 1.83 bits per heavy atom. The van der Waals surface area contributed by atoms with Crippen molar-refractivity contribution in [2.24, 2.45) is 0 Å². The second-order valence-corrected chi connectivity index (χ2v) is 6.80. The van der Waals surface area contributed by atoms with Gasteiger partial charge in [-0.15, -0.1) is 0 Å². The topological polar surface area (TPSA) is 49.8 Å². The number of carbonyl (C=O) groups excluding carboxylic acids is 1. The molecule has 0 saturated carbocycles. The number of carbonyl (C=O) groups is 1. The largest absolute Gasteiger partial charge is 0.423 e. The molecule has 0 radical (unpaired) electrons. The summed E-state index contributed by atoms with van der Waals surface area (Å²) < 4.78 is 119. The monoisotopic (exact) mass is 423 g/mol. The van der Waals surface area contributed by atoms with Gasteiger partial charge in [0.2, 0.25) is 0 Å². The lowest BCUT2D eigenvalue weighted by Crippen LogP contribution is -2.38. The highest BCUT2D eigenvalue weighted by atomic mass is 16.5. The summed E-state index contributed by atoms with van der Waals surface area (Å²) in [6, 6.07) is 4.76. The molecule has 2 aromatic rings. The molecule has 4 heteroatoms. The molecule has 0 amide bonds. The van der Waals surface area contributed by atoms with Gasteiger partial charge in [-0.25, -0.2) is 4.79 Å². The molecule has 0 aliphatic heterocycles. The SMILES string of the molecule is [2H]C([2H])([2H])C([2H])(N(CCC(c1ccccc1)c1cc(CO)ccc1OC(=O)C(=C)C)C([2H])(C([2H])([2H])[2H])C([2H])([2H])[2H])C([2H])([2H])[2H]. The number of rotatable bonds is 10. The maximum Gasteiger partial charge on any atom is 0.338 e. The molecule has 0 saturated heterocycles. The number of benzene rings is 2. The number of esters is 1. The van der Waals surface area contributed by atoms with E-state index < -0.39 is 70.9 Å². The molecule has 0 heterocycles. The maximum atomic E-state index is 12.5. The van der Waals surface area contributed by atoms with Crippen molar-refractivity contribution in [3.63, 3.8) is 0 Å². The molecule has 0 fully saturated rings. The first-order valence-electron chi connectivity index (χ1n) is 16.3. The summed E-state index contributed by atoms with van der Waals surface area (Å²) in [6.45, 7) is -11.8. The van der Waals surface area contributed by atoms with E-state index in [4.69, 9.17) is 23.9 Å². The summed E-state index contributed by atoms with van der Waals surface area (Å²) in [5, 5.41) is 9.84. The van der Waals surface area contributed by atoms with Crippen LogP contribution in [-0.4, -0.2) is 34.6 Å². The molecule has 4 nitrogen and oxygen atoms in total. The molecule has 2 aromatic carbocycles. The van der Waals surface area contributed by atoms with E-state index in [9.17, 15) is 9.90 Å². The summed E-state index contributed by atoms with van der Waals surface area (Å²) in [5.74, 6) is -1.81. The molecule has 1 N–H and O–H groups in total. The summed E-state index contributed by atoms with van der Waals surface area (Å²) in [5.41, 5.74) is 1.08. The summed E-state index contributed by atoms with van der Waals surface area (Å²) in [4.78, 5) is 12.4. The van der Waals surface area contributed by atoms with Crippen LogP contribution in [0.15, 0.2) is 60.7 Å². The number of ether oxygens (including phenoxy) is 1. The van der Waals surface area contributed by atoms with Crippen molar-refractivity contribution in [3.8, 4) is 5.75 Å². The van der Waals surface area contributed by atoms with Gasteiger partial charge in [0.25, 0.3) is 0 Å². The minimum Gasteiger partial charge on any atom is -0.423 e. The van der Waals surface area contributed by atoms with E-state index >= 15 is 0 Å². The van der Waals surface area contributed by atoms with Crippen molar-refractivity contribution in [1.82, 2.24) is 4.90 Å². The van der Waals surface area contributed by atoms with Gasteiger partial charge in [0.1, 0.15) is 5.75 Å². The summed E-state index contributed by atoms with van der Waals surface area (Å²) in [7, 11) is 0. The van der Waals surface area contributed by atoms with Gasteiger partial charge in [-0.3, -0.25) is 4.90 Å². The van der Waals surface area contributed by atoms with Gasteiger partial charge >= 0.3 is 5.97 Å². The van der Waals surface area contributed by atoms with Gasteiger partial charge in [0.15, 0.2) is 0 Å². The first kappa shape index (κ1) is 10.7. The van der Waals surface area contributed by atoms with Crippen LogP contribution in [0.25, 0.3) is 0 Å². The fourth-order valence-corrected chi connectivity index (χ4v) is 3.03. The maximum absolute atomic E-state index is 12.5. The smallest absolute Gasteiger partial charge is 0.338 e. The van der Waals surface area contributed by atoms with E-state index in [2.05, 4.69) is 6.58 Å². The Bertz CT molecular complexity index is 1250. The molecule has 0 aromatic heterocycles. The van der Waals surface area contributed by atoms with Gasteiger partial charge in [-0.2, -0.15) is 0 Å². The van der Waals surface area contributed by atoms with Crippen molar-refractivity contribution < 1.29 is 33.8 Å². The van der Waals surface area contributed by atoms with Crippen molar-refractivity contribution in [3.05, 3.63) is 77.4 Å². The van der Waals surface area contributed by atoms with Gasteiger partial charge in [0, 0.05) is 48.3 Å². The second kappa shape index (κ2) is 11.1. The average Bonchev–Trinajstić information content (AvgIpc) is 2.88. The molecule has 1 unspecified atom stereocenters. The van der Waals surface area contributed by atoms with E-state index in [1.54, 1.807) is 30.3 Å². The van der Waals surface area contributed by atoms with Gasteiger partial charge in [-0.05, 0) is 70.6 Å². The van der Waals surface area contributed by atoms with E-state index in [1.807, 2.05) is 0 Å². The van der Waals surface area contributed by atoms with E-state index in [0.29, 0.717) is 11.1 Å². The van der Waals surface area contributed by atoms with Crippen molar-refractivity contribution in [1.29, 1.82) is 0 Å². The van der Waals surface area contributed by atoms with Crippen LogP contribution in [0.3, 0.4) is 0 Å². The van der Waals surface area contributed by atoms with Crippen LogP contribution in [0.5, 0.6) is 5.75 Å². The van der Waals surface area contributed by atoms with Crippen LogP contribution in [0.2, 0.25) is 0 Å². The average molecular weight is 424 g/mol. The number of aliphatic hydroxyl groups excluding tert-OH is 1.